The van der Waals surface area contributed by atoms with E-state index in [-0.39, 0.29) is 11.8 Å². The van der Waals surface area contributed by atoms with Gasteiger partial charge >= 0.3 is 0 Å². The molecule has 0 spiro atoms. The lowest BCUT2D eigenvalue weighted by molar-refractivity contribution is -0.125. The van der Waals surface area contributed by atoms with Gasteiger partial charge in [0.15, 0.2) is 0 Å². The highest BCUT2D eigenvalue weighted by Crippen LogP contribution is 2.35. The molecular weight excluding hydrogens is 408 g/mol. The van der Waals surface area contributed by atoms with Gasteiger partial charge in [-0.3, -0.25) is 4.79 Å². The van der Waals surface area contributed by atoms with E-state index in [1.165, 1.54) is 21.6 Å². The molecular formula is C24H30N4O2S. The molecule has 1 aliphatic heterocycles. The van der Waals surface area contributed by atoms with Crippen LogP contribution in [0.4, 0.5) is 5.82 Å². The first-order chi connectivity index (χ1) is 14.9. The van der Waals surface area contributed by atoms with Gasteiger partial charge in [0.1, 0.15) is 29.3 Å². The number of piperidine rings is 1. The molecule has 1 saturated heterocycles. The minimum absolute atomic E-state index is 0.0418. The third-order valence-corrected chi connectivity index (χ3v) is 7.09. The van der Waals surface area contributed by atoms with Crippen LogP contribution >= 0.6 is 11.3 Å². The third-order valence-electron chi connectivity index (χ3n) is 5.98. The minimum atomic E-state index is 0.0418. The molecule has 31 heavy (non-hydrogen) atoms. The lowest BCUT2D eigenvalue weighted by Crippen LogP contribution is -2.41. The molecule has 0 unspecified atom stereocenters. The fourth-order valence-corrected chi connectivity index (χ4v) is 5.25. The summed E-state index contributed by atoms with van der Waals surface area (Å²) in [6, 6.07) is 6.16. The van der Waals surface area contributed by atoms with Gasteiger partial charge in [0.25, 0.3) is 0 Å². The summed E-state index contributed by atoms with van der Waals surface area (Å²) in [5.41, 5.74) is 3.62. The summed E-state index contributed by atoms with van der Waals surface area (Å²) >= 11 is 1.72. The first-order valence-electron chi connectivity index (χ1n) is 10.9. The molecule has 4 rings (SSSR count). The Bertz CT molecular complexity index is 1070. The molecule has 1 aromatic carbocycles. The van der Waals surface area contributed by atoms with Crippen LogP contribution in [0.25, 0.3) is 10.2 Å². The van der Waals surface area contributed by atoms with Crippen molar-refractivity contribution in [2.24, 2.45) is 5.92 Å². The summed E-state index contributed by atoms with van der Waals surface area (Å²) in [5.74, 6) is 2.03. The molecule has 1 N–H and O–H groups in total. The molecule has 0 bridgehead atoms. The molecule has 1 fully saturated rings. The van der Waals surface area contributed by atoms with Gasteiger partial charge in [0.2, 0.25) is 5.91 Å². The summed E-state index contributed by atoms with van der Waals surface area (Å²) in [6.45, 7) is 11.0. The van der Waals surface area contributed by atoms with E-state index in [0.29, 0.717) is 13.2 Å². The van der Waals surface area contributed by atoms with Crippen molar-refractivity contribution in [1.82, 2.24) is 15.3 Å². The van der Waals surface area contributed by atoms with Crippen LogP contribution in [0.3, 0.4) is 0 Å². The van der Waals surface area contributed by atoms with E-state index in [1.54, 1.807) is 17.7 Å². The van der Waals surface area contributed by atoms with Crippen molar-refractivity contribution in [2.75, 3.05) is 31.1 Å². The van der Waals surface area contributed by atoms with Gasteiger partial charge in [-0.2, -0.15) is 0 Å². The van der Waals surface area contributed by atoms with Crippen molar-refractivity contribution < 1.29 is 9.53 Å². The molecule has 3 aromatic rings. The zero-order chi connectivity index (χ0) is 22.0. The van der Waals surface area contributed by atoms with Gasteiger partial charge in [-0.15, -0.1) is 11.3 Å². The molecule has 3 heterocycles. The highest BCUT2D eigenvalue weighted by atomic mass is 32.1. The number of benzene rings is 1. The average Bonchev–Trinajstić information content (AvgIpc) is 3.04. The second-order valence-corrected chi connectivity index (χ2v) is 9.59. The third kappa shape index (κ3) is 4.82. The van der Waals surface area contributed by atoms with Crippen molar-refractivity contribution in [3.63, 3.8) is 0 Å². The Morgan fingerprint density at radius 3 is 2.55 bits per heavy atom. The number of hydrogen-bond donors (Lipinski definition) is 1. The minimum Gasteiger partial charge on any atom is -0.492 e. The largest absolute Gasteiger partial charge is 0.492 e. The van der Waals surface area contributed by atoms with E-state index in [4.69, 9.17) is 4.74 Å². The van der Waals surface area contributed by atoms with Crippen LogP contribution in [-0.4, -0.2) is 42.1 Å². The first-order valence-corrected chi connectivity index (χ1v) is 11.7. The van der Waals surface area contributed by atoms with E-state index < -0.39 is 0 Å². The number of carbonyl (C=O) groups excluding carboxylic acids is 1. The molecule has 0 aliphatic carbocycles. The number of fused-ring (bicyclic) bond motifs is 1. The number of nitrogens with zero attached hydrogens (tertiary/aromatic N) is 3. The van der Waals surface area contributed by atoms with Gasteiger partial charge in [0.05, 0.1) is 11.9 Å². The van der Waals surface area contributed by atoms with Crippen LogP contribution in [0.15, 0.2) is 24.5 Å². The van der Waals surface area contributed by atoms with E-state index in [1.807, 2.05) is 12.1 Å². The van der Waals surface area contributed by atoms with Gasteiger partial charge in [-0.05, 0) is 69.4 Å². The lowest BCUT2D eigenvalue weighted by Gasteiger charge is -2.32. The van der Waals surface area contributed by atoms with Crippen LogP contribution in [0, 0.1) is 33.6 Å². The number of aromatic nitrogens is 2. The fourth-order valence-electron chi connectivity index (χ4n) is 4.26. The zero-order valence-corrected chi connectivity index (χ0v) is 19.5. The van der Waals surface area contributed by atoms with Gasteiger partial charge in [-0.1, -0.05) is 6.07 Å². The summed E-state index contributed by atoms with van der Waals surface area (Å²) < 4.78 is 5.80. The number of aryl methyl sites for hydroxylation is 4. The Balaban J connectivity index is 1.27. The quantitative estimate of drug-likeness (QED) is 0.580. The van der Waals surface area contributed by atoms with Crippen molar-refractivity contribution in [3.8, 4) is 5.75 Å². The summed E-state index contributed by atoms with van der Waals surface area (Å²) in [5, 5.41) is 4.21. The number of nitrogens with one attached hydrogen (secondary N) is 1. The maximum atomic E-state index is 12.6. The van der Waals surface area contributed by atoms with Crippen molar-refractivity contribution in [2.45, 2.75) is 40.5 Å². The normalized spacial score (nSPS) is 14.8. The molecule has 1 amide bonds. The smallest absolute Gasteiger partial charge is 0.223 e. The summed E-state index contributed by atoms with van der Waals surface area (Å²) in [4.78, 5) is 26.3. The number of anilines is 1. The number of rotatable bonds is 6. The number of hydrogen-bond acceptors (Lipinski definition) is 6. The van der Waals surface area contributed by atoms with Crippen molar-refractivity contribution in [3.05, 3.63) is 46.1 Å². The van der Waals surface area contributed by atoms with Crippen LogP contribution < -0.4 is 15.0 Å². The molecule has 6 nitrogen and oxygen atoms in total. The van der Waals surface area contributed by atoms with Crippen molar-refractivity contribution in [1.29, 1.82) is 0 Å². The number of ether oxygens (including phenoxy) is 1. The topological polar surface area (TPSA) is 67.3 Å². The SMILES string of the molecule is Cc1cc(C)cc(OCCNC(=O)C2CCN(c3ncnc4sc(C)c(C)c34)CC2)c1. The predicted molar refractivity (Wildman–Crippen MR) is 126 cm³/mol. The van der Waals surface area contributed by atoms with E-state index in [0.717, 1.165) is 47.7 Å². The van der Waals surface area contributed by atoms with Crippen LogP contribution in [0.5, 0.6) is 5.75 Å². The van der Waals surface area contributed by atoms with Gasteiger partial charge in [0, 0.05) is 23.9 Å². The Morgan fingerprint density at radius 2 is 1.84 bits per heavy atom. The van der Waals surface area contributed by atoms with Gasteiger partial charge < -0.3 is 15.0 Å². The van der Waals surface area contributed by atoms with E-state index in [9.17, 15) is 4.79 Å². The zero-order valence-electron chi connectivity index (χ0n) is 18.7. The molecule has 1 aliphatic rings. The van der Waals surface area contributed by atoms with E-state index >= 15 is 0 Å². The first kappa shape index (κ1) is 21.6. The molecule has 0 radical (unpaired) electrons. The maximum Gasteiger partial charge on any atom is 0.223 e. The standard InChI is InChI=1S/C24H30N4O2S/c1-15-11-16(2)13-20(12-15)30-10-7-25-23(29)19-5-8-28(9-6-19)22-21-17(3)18(4)31-24(21)27-14-26-22/h11-14,19H,5-10H2,1-4H3,(H,25,29). The summed E-state index contributed by atoms with van der Waals surface area (Å²) in [7, 11) is 0. The fraction of sp³-hybridized carbons (Fsp3) is 0.458. The Kier molecular flexibility index (Phi) is 6.41. The highest BCUT2D eigenvalue weighted by molar-refractivity contribution is 7.18. The number of amides is 1. The Hall–Kier alpha value is -2.67. The van der Waals surface area contributed by atoms with E-state index in [2.05, 4.69) is 53.9 Å². The lowest BCUT2D eigenvalue weighted by atomic mass is 9.95. The molecule has 2 aromatic heterocycles. The second kappa shape index (κ2) is 9.22. The second-order valence-electron chi connectivity index (χ2n) is 8.38. The number of thiophene rings is 1. The summed E-state index contributed by atoms with van der Waals surface area (Å²) in [6.07, 6.45) is 3.32. The van der Waals surface area contributed by atoms with Crippen LogP contribution in [0.1, 0.15) is 34.4 Å². The maximum absolute atomic E-state index is 12.6. The van der Waals surface area contributed by atoms with Gasteiger partial charge in [-0.25, -0.2) is 9.97 Å². The highest BCUT2D eigenvalue weighted by Gasteiger charge is 2.27. The van der Waals surface area contributed by atoms with Crippen LogP contribution in [-0.2, 0) is 4.79 Å². The van der Waals surface area contributed by atoms with Crippen LogP contribution in [0.2, 0.25) is 0 Å². The number of carbonyl (C=O) groups is 1. The average molecular weight is 439 g/mol. The molecule has 7 heteroatoms. The molecule has 0 saturated carbocycles. The monoisotopic (exact) mass is 438 g/mol. The Morgan fingerprint density at radius 1 is 1.13 bits per heavy atom. The Labute approximate surface area is 187 Å². The molecule has 164 valence electrons. The molecule has 0 atom stereocenters. The predicted octanol–water partition coefficient (Wildman–Crippen LogP) is 4.34. The van der Waals surface area contributed by atoms with Crippen molar-refractivity contribution >= 4 is 33.3 Å².